The summed E-state index contributed by atoms with van der Waals surface area (Å²) < 4.78 is 38.1. The molecule has 3 aromatic rings. The van der Waals surface area contributed by atoms with Gasteiger partial charge in [-0.2, -0.15) is 13.2 Å². The van der Waals surface area contributed by atoms with Crippen LogP contribution in [0.25, 0.3) is 0 Å². The Morgan fingerprint density at radius 3 is 2.58 bits per heavy atom. The van der Waals surface area contributed by atoms with Crippen LogP contribution in [0.15, 0.2) is 41.9 Å². The molecule has 0 saturated heterocycles. The fraction of sp³-hybridized carbons (Fsp3) is 0.188. The molecule has 0 fully saturated rings. The van der Waals surface area contributed by atoms with Gasteiger partial charge < -0.3 is 11.1 Å². The molecule has 1 atom stereocenters. The van der Waals surface area contributed by atoms with Crippen molar-refractivity contribution in [1.29, 1.82) is 0 Å². The summed E-state index contributed by atoms with van der Waals surface area (Å²) in [5.41, 5.74) is 6.76. The smallest absolute Gasteiger partial charge is 0.322 e. The van der Waals surface area contributed by atoms with E-state index in [0.717, 1.165) is 17.8 Å². The van der Waals surface area contributed by atoms with Gasteiger partial charge in [-0.1, -0.05) is 23.7 Å². The van der Waals surface area contributed by atoms with Crippen molar-refractivity contribution in [2.75, 3.05) is 5.32 Å². The molecule has 1 aromatic carbocycles. The number of nitrogens with zero attached hydrogens (tertiary/aromatic N) is 3. The molecule has 136 valence electrons. The Hall–Kier alpha value is -2.23. The SMILES string of the molecule is NC(Cc1ccc(Cl)cc1)c1csc(Nc2nccc(C(F)(F)F)n2)n1. The highest BCUT2D eigenvalue weighted by molar-refractivity contribution is 7.13. The molecular weight excluding hydrogens is 387 g/mol. The van der Waals surface area contributed by atoms with E-state index >= 15 is 0 Å². The third-order valence-electron chi connectivity index (χ3n) is 3.44. The van der Waals surface area contributed by atoms with Crippen LogP contribution >= 0.6 is 22.9 Å². The summed E-state index contributed by atoms with van der Waals surface area (Å²) in [5, 5.41) is 5.43. The number of hydrogen-bond donors (Lipinski definition) is 2. The second-order valence-corrected chi connectivity index (χ2v) is 6.70. The number of anilines is 2. The second-order valence-electron chi connectivity index (χ2n) is 5.40. The van der Waals surface area contributed by atoms with Crippen molar-refractivity contribution in [3.05, 3.63) is 63.9 Å². The first-order valence-corrected chi connectivity index (χ1v) is 8.70. The van der Waals surface area contributed by atoms with Crippen molar-refractivity contribution < 1.29 is 13.2 Å². The number of thiazole rings is 1. The molecule has 0 spiro atoms. The van der Waals surface area contributed by atoms with E-state index in [-0.39, 0.29) is 12.0 Å². The molecule has 0 radical (unpaired) electrons. The third-order valence-corrected chi connectivity index (χ3v) is 4.46. The number of halogens is 4. The Balaban J connectivity index is 1.69. The van der Waals surface area contributed by atoms with Crippen LogP contribution in [0.1, 0.15) is 23.0 Å². The first-order valence-electron chi connectivity index (χ1n) is 7.44. The van der Waals surface area contributed by atoms with E-state index < -0.39 is 11.9 Å². The summed E-state index contributed by atoms with van der Waals surface area (Å²) in [6, 6.07) is 7.77. The highest BCUT2D eigenvalue weighted by atomic mass is 35.5. The van der Waals surface area contributed by atoms with Crippen LogP contribution in [0.2, 0.25) is 5.02 Å². The predicted octanol–water partition coefficient (Wildman–Crippen LogP) is 4.59. The van der Waals surface area contributed by atoms with Crippen LogP contribution in [0, 0.1) is 0 Å². The van der Waals surface area contributed by atoms with Crippen molar-refractivity contribution in [1.82, 2.24) is 15.0 Å². The number of aromatic nitrogens is 3. The third kappa shape index (κ3) is 4.69. The predicted molar refractivity (Wildman–Crippen MR) is 94.5 cm³/mol. The number of nitrogens with one attached hydrogen (secondary N) is 1. The Labute approximate surface area is 156 Å². The molecule has 0 aliphatic heterocycles. The van der Waals surface area contributed by atoms with Gasteiger partial charge in [0, 0.05) is 16.6 Å². The van der Waals surface area contributed by atoms with Crippen LogP contribution < -0.4 is 11.1 Å². The number of benzene rings is 1. The molecule has 2 aromatic heterocycles. The molecule has 5 nitrogen and oxygen atoms in total. The second kappa shape index (κ2) is 7.56. The van der Waals surface area contributed by atoms with E-state index in [0.29, 0.717) is 22.3 Å². The molecule has 0 saturated carbocycles. The summed E-state index contributed by atoms with van der Waals surface area (Å²) in [6.45, 7) is 0. The Bertz CT molecular complexity index is 882. The summed E-state index contributed by atoms with van der Waals surface area (Å²) >= 11 is 7.07. The Kier molecular flexibility index (Phi) is 5.40. The van der Waals surface area contributed by atoms with Crippen LogP contribution in [-0.2, 0) is 12.6 Å². The topological polar surface area (TPSA) is 76.7 Å². The van der Waals surface area contributed by atoms with Crippen LogP contribution in [0.5, 0.6) is 0 Å². The maximum absolute atomic E-state index is 12.7. The largest absolute Gasteiger partial charge is 0.433 e. The standard InChI is InChI=1S/C16H13ClF3N5S/c17-10-3-1-9(2-4-10)7-11(21)12-8-26-15(23-12)25-14-22-6-5-13(24-14)16(18,19)20/h1-6,8,11H,7,21H2,(H,22,23,24,25). The molecule has 2 heterocycles. The number of alkyl halides is 3. The molecule has 0 aliphatic carbocycles. The van der Waals surface area contributed by atoms with Gasteiger partial charge in [-0.25, -0.2) is 15.0 Å². The molecule has 10 heteroatoms. The van der Waals surface area contributed by atoms with Gasteiger partial charge in [0.05, 0.1) is 11.7 Å². The van der Waals surface area contributed by atoms with Crippen molar-refractivity contribution >= 4 is 34.0 Å². The van der Waals surface area contributed by atoms with Gasteiger partial charge >= 0.3 is 6.18 Å². The van der Waals surface area contributed by atoms with Gasteiger partial charge in [0.15, 0.2) is 5.13 Å². The van der Waals surface area contributed by atoms with Gasteiger partial charge in [-0.15, -0.1) is 11.3 Å². The highest BCUT2D eigenvalue weighted by Gasteiger charge is 2.32. The fourth-order valence-electron chi connectivity index (χ4n) is 2.17. The van der Waals surface area contributed by atoms with E-state index in [4.69, 9.17) is 17.3 Å². The van der Waals surface area contributed by atoms with Crippen LogP contribution in [-0.4, -0.2) is 15.0 Å². The Morgan fingerprint density at radius 2 is 1.88 bits per heavy atom. The van der Waals surface area contributed by atoms with E-state index in [2.05, 4.69) is 20.3 Å². The lowest BCUT2D eigenvalue weighted by molar-refractivity contribution is -0.141. The maximum Gasteiger partial charge on any atom is 0.433 e. The van der Waals surface area contributed by atoms with Gasteiger partial charge in [-0.3, -0.25) is 0 Å². The molecule has 0 bridgehead atoms. The zero-order chi connectivity index (χ0) is 18.7. The average molecular weight is 400 g/mol. The number of nitrogens with two attached hydrogens (primary N) is 1. The van der Waals surface area contributed by atoms with Crippen molar-refractivity contribution in [3.8, 4) is 0 Å². The first-order chi connectivity index (χ1) is 12.3. The lowest BCUT2D eigenvalue weighted by Gasteiger charge is -2.09. The van der Waals surface area contributed by atoms with Crippen molar-refractivity contribution in [3.63, 3.8) is 0 Å². The fourth-order valence-corrected chi connectivity index (χ4v) is 3.06. The minimum atomic E-state index is -4.53. The lowest BCUT2D eigenvalue weighted by atomic mass is 10.1. The molecule has 0 aliphatic rings. The molecule has 3 N–H and O–H groups in total. The summed E-state index contributed by atoms with van der Waals surface area (Å²) in [5.74, 6) is -0.174. The molecule has 1 unspecified atom stereocenters. The Morgan fingerprint density at radius 1 is 1.15 bits per heavy atom. The highest BCUT2D eigenvalue weighted by Crippen LogP contribution is 2.29. The quantitative estimate of drug-likeness (QED) is 0.656. The summed E-state index contributed by atoms with van der Waals surface area (Å²) in [7, 11) is 0. The van der Waals surface area contributed by atoms with E-state index in [1.807, 2.05) is 12.1 Å². The normalized spacial score (nSPS) is 12.8. The van der Waals surface area contributed by atoms with Crippen LogP contribution in [0.4, 0.5) is 24.3 Å². The monoisotopic (exact) mass is 399 g/mol. The van der Waals surface area contributed by atoms with Gasteiger partial charge in [0.2, 0.25) is 5.95 Å². The lowest BCUT2D eigenvalue weighted by Crippen LogP contribution is -2.14. The molecule has 0 amide bonds. The van der Waals surface area contributed by atoms with E-state index in [9.17, 15) is 13.2 Å². The van der Waals surface area contributed by atoms with Crippen molar-refractivity contribution in [2.45, 2.75) is 18.6 Å². The molecule has 26 heavy (non-hydrogen) atoms. The van der Waals surface area contributed by atoms with Gasteiger partial charge in [-0.05, 0) is 30.2 Å². The number of hydrogen-bond acceptors (Lipinski definition) is 6. The maximum atomic E-state index is 12.7. The zero-order valence-corrected chi connectivity index (χ0v) is 14.7. The van der Waals surface area contributed by atoms with Crippen molar-refractivity contribution in [2.24, 2.45) is 5.73 Å². The van der Waals surface area contributed by atoms with E-state index in [1.54, 1.807) is 17.5 Å². The molecule has 3 rings (SSSR count). The average Bonchev–Trinajstić information content (AvgIpc) is 3.05. The van der Waals surface area contributed by atoms with Gasteiger partial charge in [0.25, 0.3) is 0 Å². The zero-order valence-electron chi connectivity index (χ0n) is 13.2. The number of rotatable bonds is 5. The van der Waals surface area contributed by atoms with Crippen LogP contribution in [0.3, 0.4) is 0 Å². The minimum absolute atomic E-state index is 0.174. The molecular formula is C16H13ClF3N5S. The van der Waals surface area contributed by atoms with E-state index in [1.165, 1.54) is 11.3 Å². The minimum Gasteiger partial charge on any atom is -0.322 e. The van der Waals surface area contributed by atoms with Gasteiger partial charge in [0.1, 0.15) is 5.69 Å². The summed E-state index contributed by atoms with van der Waals surface area (Å²) in [4.78, 5) is 11.5. The summed E-state index contributed by atoms with van der Waals surface area (Å²) in [6.07, 6.45) is -2.94. The first kappa shape index (κ1) is 18.6.